The first-order valence-corrected chi connectivity index (χ1v) is 45.7. The molecule has 30 nitrogen and oxygen atoms in total. The lowest BCUT2D eigenvalue weighted by atomic mass is 10.0. The minimum Gasteiger partial charge on any atom is -0.384 e. The van der Waals surface area contributed by atoms with E-state index in [4.69, 9.17) is 22.9 Å². The summed E-state index contributed by atoms with van der Waals surface area (Å²) in [5.41, 5.74) is 33.8. The van der Waals surface area contributed by atoms with Gasteiger partial charge in [-0.05, 0) is 252 Å². The number of amides is 1. The normalized spacial score (nSPS) is 14.5. The molecular weight excluding hydrogens is 1700 g/mol. The summed E-state index contributed by atoms with van der Waals surface area (Å²) in [7, 11) is 0. The van der Waals surface area contributed by atoms with Crippen molar-refractivity contribution in [2.75, 3.05) is 43.8 Å². The summed E-state index contributed by atoms with van der Waals surface area (Å²) in [5, 5.41) is 25.1. The van der Waals surface area contributed by atoms with Crippen LogP contribution in [-0.2, 0) is 0 Å². The molecule has 10 heterocycles. The molecule has 0 unspecified atom stereocenters. The Morgan fingerprint density at radius 3 is 0.926 bits per heavy atom. The number of hydrogen-bond donors (Lipinski definition) is 9. The van der Waals surface area contributed by atoms with Crippen LogP contribution >= 0.6 is 0 Å². The zero-order chi connectivity index (χ0) is 95.8. The molecule has 0 bridgehead atoms. The molecule has 20 rings (SSSR count). The number of nitrogens with zero attached hydrogens (tertiary/aromatic N) is 15. The van der Waals surface area contributed by atoms with Gasteiger partial charge in [0.05, 0.1) is 68.9 Å². The Morgan fingerprint density at radius 2 is 0.615 bits per heavy atom. The van der Waals surface area contributed by atoms with E-state index in [0.29, 0.717) is 81.9 Å². The van der Waals surface area contributed by atoms with E-state index in [2.05, 4.69) is 101 Å². The highest BCUT2D eigenvalue weighted by Crippen LogP contribution is 2.42. The van der Waals surface area contributed by atoms with Crippen LogP contribution in [-0.4, -0.2) is 78.6 Å². The minimum absolute atomic E-state index is 0.0334. The van der Waals surface area contributed by atoms with Crippen molar-refractivity contribution in [2.24, 2.45) is 5.73 Å². The number of para-hydroxylation sites is 1. The average molecular weight is 1810 g/mol. The maximum Gasteiger partial charge on any atom is 0.263 e. The number of nitrogens with two attached hydrogens (primary N) is 4. The van der Waals surface area contributed by atoms with Crippen LogP contribution < -0.4 is 77.3 Å². The molecule has 692 valence electrons. The quantitative estimate of drug-likeness (QED) is 0.0323. The number of nitrogen functional groups attached to an aromatic ring is 3. The molecule has 5 atom stereocenters. The molecule has 4 aliphatic rings. The highest BCUT2D eigenvalue weighted by atomic mass is 19.1. The lowest BCUT2D eigenvalue weighted by Gasteiger charge is -2.22. The van der Waals surface area contributed by atoms with Crippen molar-refractivity contribution in [3.63, 3.8) is 0 Å². The number of aromatic nitrogens is 15. The van der Waals surface area contributed by atoms with Gasteiger partial charge in [-0.3, -0.25) is 33.3 Å². The van der Waals surface area contributed by atoms with Crippen molar-refractivity contribution in [1.82, 2.24) is 72.7 Å². The predicted molar refractivity (Wildman–Crippen MR) is 535 cm³/mol. The molecule has 135 heavy (non-hydrogen) atoms. The minimum atomic E-state index is -0.594. The number of halogens is 1. The third-order valence-corrected chi connectivity index (χ3v) is 24.9. The number of aryl methyl sites for hydroxylation is 10. The second-order valence-corrected chi connectivity index (χ2v) is 35.8. The van der Waals surface area contributed by atoms with Gasteiger partial charge >= 0.3 is 0 Å². The van der Waals surface area contributed by atoms with Gasteiger partial charge < -0.3 is 67.8 Å². The van der Waals surface area contributed by atoms with Crippen molar-refractivity contribution in [1.29, 1.82) is 0 Å². The van der Waals surface area contributed by atoms with E-state index in [-0.39, 0.29) is 81.5 Å². The summed E-state index contributed by atoms with van der Waals surface area (Å²) < 4.78 is 23.5. The first-order valence-electron chi connectivity index (χ1n) is 45.7. The average Bonchev–Trinajstić information content (AvgIpc) is 1.74. The van der Waals surface area contributed by atoms with Gasteiger partial charge in [-0.1, -0.05) is 109 Å². The third kappa shape index (κ3) is 20.5. The van der Waals surface area contributed by atoms with Gasteiger partial charge in [-0.25, -0.2) is 54.2 Å². The summed E-state index contributed by atoms with van der Waals surface area (Å²) in [6.45, 7) is 28.7. The zero-order valence-corrected chi connectivity index (χ0v) is 78.5. The molecule has 0 saturated heterocycles. The van der Waals surface area contributed by atoms with Crippen LogP contribution in [0.5, 0.6) is 0 Å². The molecule has 10 aromatic heterocycles. The lowest BCUT2D eigenvalue weighted by molar-refractivity contribution is 0.1000. The van der Waals surface area contributed by atoms with Crippen LogP contribution in [0.4, 0.5) is 50.9 Å². The molecular formula is C104H113FN24O6. The topological polar surface area (TPSA) is 420 Å². The van der Waals surface area contributed by atoms with Gasteiger partial charge in [0.2, 0.25) is 0 Å². The van der Waals surface area contributed by atoms with Gasteiger partial charge in [-0.2, -0.15) is 0 Å². The molecule has 6 aromatic carbocycles. The fourth-order valence-corrected chi connectivity index (χ4v) is 17.9. The van der Waals surface area contributed by atoms with Crippen molar-refractivity contribution in [3.8, 4) is 5.69 Å². The highest BCUT2D eigenvalue weighted by molar-refractivity contribution is 5.97. The first kappa shape index (κ1) is 92.8. The monoisotopic (exact) mass is 1810 g/mol. The van der Waals surface area contributed by atoms with Crippen molar-refractivity contribution in [3.05, 3.63) is 331 Å². The van der Waals surface area contributed by atoms with E-state index in [9.17, 15) is 33.2 Å². The van der Waals surface area contributed by atoms with Crippen LogP contribution in [0, 0.1) is 75.1 Å². The number of nitrogens with one attached hydrogen (secondary N) is 5. The summed E-state index contributed by atoms with van der Waals surface area (Å²) >= 11 is 0. The number of anilines is 8. The van der Waals surface area contributed by atoms with Crippen LogP contribution in [0.1, 0.15) is 236 Å². The van der Waals surface area contributed by atoms with Crippen LogP contribution in [0.3, 0.4) is 0 Å². The summed E-state index contributed by atoms with van der Waals surface area (Å²) in [6.07, 6.45) is 10.8. The smallest absolute Gasteiger partial charge is 0.263 e. The van der Waals surface area contributed by atoms with E-state index in [1.165, 1.54) is 6.20 Å². The Morgan fingerprint density at radius 1 is 0.333 bits per heavy atom. The SMILES string of the molecule is Cc1nc(N)cc(N[C@@H](C)c2cc3cccc(C)c3c(=O)n2-c2ccccc2)n1.Cc1nc(N)cc(N[C@@H](C)c2cc3cccc(C)c3c(=O)n2C2CC2)n1.Cc1nc(N)cc(N[C@@H](C)c2cc3cccc(C)c3c(=O)n2C2CC2)n1.Cc1ncc(C(N)=O)c(N[C@@H](C)c2cc3cccc(C)c3c(=O)n2C2CC2)n1.Cc1ncc(F)c(N[C@@H](C)c2cc3cccc(C)c3c(=O)n2C2CC2)n1. The molecule has 4 fully saturated rings. The lowest BCUT2D eigenvalue weighted by Crippen LogP contribution is -2.27. The molecule has 1 amide bonds. The molecule has 0 aliphatic heterocycles. The maximum absolute atomic E-state index is 14.0. The Kier molecular flexibility index (Phi) is 26.7. The molecule has 4 aliphatic carbocycles. The Bertz CT molecular complexity index is 7400. The number of primary amides is 1. The molecule has 16 aromatic rings. The predicted octanol–water partition coefficient (Wildman–Crippen LogP) is 18.2. The van der Waals surface area contributed by atoms with Gasteiger partial charge in [0.25, 0.3) is 33.7 Å². The summed E-state index contributed by atoms with van der Waals surface area (Å²) in [4.78, 5) is 120. The number of rotatable bonds is 21. The Hall–Kier alpha value is -15.4. The van der Waals surface area contributed by atoms with Crippen molar-refractivity contribution >= 4 is 106 Å². The Balaban J connectivity index is 0.000000123. The third-order valence-electron chi connectivity index (χ3n) is 24.9. The Labute approximate surface area is 779 Å². The van der Waals surface area contributed by atoms with Crippen LogP contribution in [0.2, 0.25) is 0 Å². The fraction of sp³-hybridized carbons (Fsp3) is 0.308. The summed E-state index contributed by atoms with van der Waals surface area (Å²) in [5.74, 6) is 5.53. The van der Waals surface area contributed by atoms with E-state index in [0.717, 1.165) is 173 Å². The van der Waals surface area contributed by atoms with Crippen molar-refractivity contribution < 1.29 is 9.18 Å². The molecule has 0 radical (unpaired) electrons. The number of carbonyl (C=O) groups excluding carboxylic acids is 1. The largest absolute Gasteiger partial charge is 0.384 e. The zero-order valence-electron chi connectivity index (χ0n) is 78.5. The first-order chi connectivity index (χ1) is 64.6. The van der Waals surface area contributed by atoms with Gasteiger partial charge in [-0.15, -0.1) is 0 Å². The highest BCUT2D eigenvalue weighted by Gasteiger charge is 2.35. The van der Waals surface area contributed by atoms with Gasteiger partial charge in [0.1, 0.15) is 69.8 Å². The number of pyridine rings is 5. The number of fused-ring (bicyclic) bond motifs is 5. The molecule has 4 saturated carbocycles. The maximum atomic E-state index is 14.0. The fourth-order valence-electron chi connectivity index (χ4n) is 17.9. The van der Waals surface area contributed by atoms with E-state index in [1.54, 1.807) is 43.5 Å². The number of benzene rings is 6. The van der Waals surface area contributed by atoms with Gasteiger partial charge in [0, 0.05) is 82.7 Å². The molecule has 31 heteroatoms. The van der Waals surface area contributed by atoms with E-state index >= 15 is 0 Å². The van der Waals surface area contributed by atoms with Crippen molar-refractivity contribution in [2.45, 2.75) is 210 Å². The number of hydrogen-bond acceptors (Lipinski definition) is 24. The van der Waals surface area contributed by atoms with E-state index in [1.807, 2.05) is 229 Å². The second kappa shape index (κ2) is 38.8. The summed E-state index contributed by atoms with van der Waals surface area (Å²) in [6, 6.07) is 55.0. The number of carbonyl (C=O) groups is 1. The molecule has 13 N–H and O–H groups in total. The van der Waals surface area contributed by atoms with E-state index < -0.39 is 11.7 Å². The van der Waals surface area contributed by atoms with Crippen LogP contribution in [0.25, 0.3) is 59.5 Å². The molecule has 0 spiro atoms. The van der Waals surface area contributed by atoms with Gasteiger partial charge in [0.15, 0.2) is 11.6 Å². The second-order valence-electron chi connectivity index (χ2n) is 35.8. The standard InChI is InChI=1S/C23H23N5O.C21H23N5O2.C20H21FN4O.2C20H23N5O/c1-14-8-7-9-17-12-19(15(2)25-21-13-20(24)26-16(3)27-21)28(23(29)22(14)17)18-10-5-4-6-11-18;1-11-5-4-6-14-9-17(26(15-7-8-15)21(28)18(11)14)12(2)24-20-16(19(22)27)10-23-13(3)25-20;1-11-5-4-6-14-9-17(25(15-7-8-15)20(26)18(11)14)12(2)23-19-16(21)10-22-13(3)24-19;2*1-11-5-4-6-14-9-16(25(15-7-8-15)20(26)19(11)14)12(2)22-18-10-17(21)23-13(3)24-18/h4-13,15H,1-3H3,(H3,24,25,26,27);4-6,9-10,12,15H,7-8H2,1-3H3,(H2,22,27)(H,23,24,25);4-6,9-10,12,15H,7-8H2,1-3H3,(H,22,23,24);2*4-6,9-10,12,15H,7-8H2,1-3H3,(H3,21,22,23,24)/t15-;4*12-/m00000/s1. The van der Waals surface area contributed by atoms with Crippen LogP contribution in [0.15, 0.2) is 206 Å².